The summed E-state index contributed by atoms with van der Waals surface area (Å²) >= 11 is 0. The van der Waals surface area contributed by atoms with Gasteiger partial charge in [-0.15, -0.1) is 0 Å². The number of carbonyl (C=O) groups is 4. The smallest absolute Gasteiger partial charge is 0.161 e. The summed E-state index contributed by atoms with van der Waals surface area (Å²) in [5.74, 6) is -0.986. The zero-order valence-corrected chi connectivity index (χ0v) is 14.1. The summed E-state index contributed by atoms with van der Waals surface area (Å²) in [6.45, 7) is 5.55. The van der Waals surface area contributed by atoms with Crippen LogP contribution in [0.2, 0.25) is 0 Å². The lowest BCUT2D eigenvalue weighted by molar-refractivity contribution is 0.0980. The Hall–Kier alpha value is -2.88. The van der Waals surface area contributed by atoms with E-state index in [1.165, 1.54) is 27.7 Å². The van der Waals surface area contributed by atoms with Crippen LogP contribution in [0.3, 0.4) is 0 Å². The summed E-state index contributed by atoms with van der Waals surface area (Å²) in [6.07, 6.45) is 0. The van der Waals surface area contributed by atoms with Crippen LogP contribution in [0.15, 0.2) is 36.4 Å². The lowest BCUT2D eigenvalue weighted by atomic mass is 9.86. The summed E-state index contributed by atoms with van der Waals surface area (Å²) in [5.41, 5.74) is 2.14. The molecule has 24 heavy (non-hydrogen) atoms. The van der Waals surface area contributed by atoms with Gasteiger partial charge in [0.15, 0.2) is 23.1 Å². The average Bonchev–Trinajstić information content (AvgIpc) is 2.52. The van der Waals surface area contributed by atoms with Crippen LogP contribution in [0.5, 0.6) is 0 Å². The molecule has 0 N–H and O–H groups in total. The van der Waals surface area contributed by atoms with E-state index in [9.17, 15) is 19.2 Å². The second-order valence-corrected chi connectivity index (χ2v) is 5.68. The van der Waals surface area contributed by atoms with Crippen molar-refractivity contribution in [1.29, 1.82) is 0 Å². The normalized spacial score (nSPS) is 10.3. The molecule has 0 atom stereocenters. The molecule has 0 aromatic heterocycles. The molecule has 0 radical (unpaired) electrons. The fourth-order valence-corrected chi connectivity index (χ4v) is 2.90. The van der Waals surface area contributed by atoms with Gasteiger partial charge in [0, 0.05) is 22.3 Å². The summed E-state index contributed by atoms with van der Waals surface area (Å²) in [4.78, 5) is 48.1. The van der Waals surface area contributed by atoms with Gasteiger partial charge < -0.3 is 0 Å². The molecule has 122 valence electrons. The van der Waals surface area contributed by atoms with E-state index in [2.05, 4.69) is 0 Å². The zero-order valence-electron chi connectivity index (χ0n) is 14.1. The lowest BCUT2D eigenvalue weighted by Gasteiger charge is -2.15. The number of rotatable bonds is 5. The van der Waals surface area contributed by atoms with E-state index >= 15 is 0 Å². The first-order valence-electron chi connectivity index (χ1n) is 7.55. The van der Waals surface area contributed by atoms with Crippen molar-refractivity contribution in [3.8, 4) is 11.1 Å². The highest BCUT2D eigenvalue weighted by Gasteiger charge is 2.22. The first-order chi connectivity index (χ1) is 11.3. The molecule has 0 aliphatic rings. The zero-order chi connectivity index (χ0) is 18.0. The number of hydrogen-bond acceptors (Lipinski definition) is 4. The van der Waals surface area contributed by atoms with Crippen LogP contribution < -0.4 is 0 Å². The SMILES string of the molecule is CC(=O)c1cccc(-c2cccc(C(C)=O)c2C(C)=O)c1C(C)=O. The van der Waals surface area contributed by atoms with Crippen LogP contribution in [-0.4, -0.2) is 23.1 Å². The summed E-state index contributed by atoms with van der Waals surface area (Å²) in [5, 5.41) is 0. The maximum atomic E-state index is 12.2. The van der Waals surface area contributed by atoms with Gasteiger partial charge in [-0.1, -0.05) is 36.4 Å². The number of Topliss-reactive ketones (excluding diaryl/α,β-unsaturated/α-hetero) is 4. The Morgan fingerprint density at radius 1 is 0.542 bits per heavy atom. The third kappa shape index (κ3) is 3.08. The fraction of sp³-hybridized carbons (Fsp3) is 0.200. The Morgan fingerprint density at radius 2 is 0.875 bits per heavy atom. The van der Waals surface area contributed by atoms with Crippen molar-refractivity contribution in [1.82, 2.24) is 0 Å². The highest BCUT2D eigenvalue weighted by molar-refractivity contribution is 6.15. The molecule has 4 nitrogen and oxygen atoms in total. The number of carbonyl (C=O) groups excluding carboxylic acids is 4. The molecule has 0 saturated carbocycles. The molecule has 4 heteroatoms. The third-order valence-electron chi connectivity index (χ3n) is 3.88. The minimum Gasteiger partial charge on any atom is -0.294 e. The second kappa shape index (κ2) is 6.71. The van der Waals surface area contributed by atoms with Crippen molar-refractivity contribution in [3.63, 3.8) is 0 Å². The predicted molar refractivity (Wildman–Crippen MR) is 91.9 cm³/mol. The van der Waals surface area contributed by atoms with E-state index in [0.29, 0.717) is 22.3 Å². The number of hydrogen-bond donors (Lipinski definition) is 0. The second-order valence-electron chi connectivity index (χ2n) is 5.68. The maximum Gasteiger partial charge on any atom is 0.161 e. The average molecular weight is 322 g/mol. The van der Waals surface area contributed by atoms with Crippen molar-refractivity contribution in [3.05, 3.63) is 58.7 Å². The van der Waals surface area contributed by atoms with Crippen LogP contribution in [0, 0.1) is 0 Å². The standard InChI is InChI=1S/C20H18O4/c1-11(21)15-7-5-9-17(19(15)13(3)23)18-10-6-8-16(12(2)22)20(18)14(4)24/h5-10H,1-4H3. The van der Waals surface area contributed by atoms with Gasteiger partial charge in [-0.05, 0) is 38.8 Å². The number of ketones is 4. The summed E-state index contributed by atoms with van der Waals surface area (Å²) in [6, 6.07) is 9.89. The quantitative estimate of drug-likeness (QED) is 0.775. The first-order valence-corrected chi connectivity index (χ1v) is 7.55. The molecule has 2 aromatic rings. The van der Waals surface area contributed by atoms with Gasteiger partial charge in [-0.3, -0.25) is 19.2 Å². The summed E-state index contributed by atoms with van der Waals surface area (Å²) in [7, 11) is 0. The Labute approximate surface area is 140 Å². The molecule has 2 rings (SSSR count). The van der Waals surface area contributed by atoms with Crippen LogP contribution in [0.25, 0.3) is 11.1 Å². The highest BCUT2D eigenvalue weighted by atomic mass is 16.1. The van der Waals surface area contributed by atoms with Crippen molar-refractivity contribution >= 4 is 23.1 Å². The van der Waals surface area contributed by atoms with Gasteiger partial charge in [0.25, 0.3) is 0 Å². The number of benzene rings is 2. The Balaban J connectivity index is 2.93. The van der Waals surface area contributed by atoms with Gasteiger partial charge in [-0.25, -0.2) is 0 Å². The predicted octanol–water partition coefficient (Wildman–Crippen LogP) is 4.16. The monoisotopic (exact) mass is 322 g/mol. The molecule has 0 heterocycles. The molecule has 2 aromatic carbocycles. The third-order valence-corrected chi connectivity index (χ3v) is 3.88. The fourth-order valence-electron chi connectivity index (χ4n) is 2.90. The van der Waals surface area contributed by atoms with Gasteiger partial charge in [0.05, 0.1) is 0 Å². The Kier molecular flexibility index (Phi) is 4.88. The molecule has 0 fully saturated rings. The van der Waals surface area contributed by atoms with E-state index in [0.717, 1.165) is 0 Å². The van der Waals surface area contributed by atoms with E-state index in [-0.39, 0.29) is 34.3 Å². The Bertz CT molecular complexity index is 802. The maximum absolute atomic E-state index is 12.2. The van der Waals surface area contributed by atoms with Crippen LogP contribution >= 0.6 is 0 Å². The minimum atomic E-state index is -0.265. The van der Waals surface area contributed by atoms with Crippen molar-refractivity contribution < 1.29 is 19.2 Å². The topological polar surface area (TPSA) is 68.3 Å². The van der Waals surface area contributed by atoms with Gasteiger partial charge >= 0.3 is 0 Å². The van der Waals surface area contributed by atoms with E-state index in [1.807, 2.05) is 0 Å². The van der Waals surface area contributed by atoms with E-state index in [4.69, 9.17) is 0 Å². The van der Waals surface area contributed by atoms with Crippen molar-refractivity contribution in [2.24, 2.45) is 0 Å². The molecule has 0 unspecified atom stereocenters. The lowest BCUT2D eigenvalue weighted by Crippen LogP contribution is -2.10. The Morgan fingerprint density at radius 3 is 1.12 bits per heavy atom. The highest BCUT2D eigenvalue weighted by Crippen LogP contribution is 2.32. The molecular formula is C20H18O4. The van der Waals surface area contributed by atoms with Crippen molar-refractivity contribution in [2.45, 2.75) is 27.7 Å². The molecule has 0 amide bonds. The first kappa shape index (κ1) is 17.5. The molecular weight excluding hydrogens is 304 g/mol. The van der Waals surface area contributed by atoms with E-state index in [1.54, 1.807) is 36.4 Å². The molecule has 0 bridgehead atoms. The largest absolute Gasteiger partial charge is 0.294 e. The minimum absolute atomic E-state index is 0.228. The van der Waals surface area contributed by atoms with E-state index < -0.39 is 0 Å². The van der Waals surface area contributed by atoms with Gasteiger partial charge in [0.1, 0.15) is 0 Å². The molecule has 0 aliphatic carbocycles. The van der Waals surface area contributed by atoms with Crippen LogP contribution in [0.1, 0.15) is 69.1 Å². The van der Waals surface area contributed by atoms with Gasteiger partial charge in [0.2, 0.25) is 0 Å². The molecule has 0 saturated heterocycles. The van der Waals surface area contributed by atoms with Crippen LogP contribution in [-0.2, 0) is 0 Å². The van der Waals surface area contributed by atoms with Crippen LogP contribution in [0.4, 0.5) is 0 Å². The summed E-state index contributed by atoms with van der Waals surface area (Å²) < 4.78 is 0. The van der Waals surface area contributed by atoms with Crippen molar-refractivity contribution in [2.75, 3.05) is 0 Å². The molecule has 0 spiro atoms. The van der Waals surface area contributed by atoms with Gasteiger partial charge in [-0.2, -0.15) is 0 Å². The molecule has 0 aliphatic heterocycles.